The van der Waals surface area contributed by atoms with Gasteiger partial charge in [-0.1, -0.05) is 90.4 Å². The molecule has 25 heavy (non-hydrogen) atoms. The van der Waals surface area contributed by atoms with Crippen LogP contribution >= 0.6 is 0 Å². The molecular formula is C19H41NNaO3S. The molecule has 0 rings (SSSR count). The monoisotopic (exact) mass is 386 g/mol. The van der Waals surface area contributed by atoms with Gasteiger partial charge in [-0.25, -0.2) is 0 Å². The van der Waals surface area contributed by atoms with Gasteiger partial charge in [-0.05, 0) is 20.0 Å². The van der Waals surface area contributed by atoms with Crippen molar-refractivity contribution in [3.8, 4) is 0 Å². The van der Waals surface area contributed by atoms with Gasteiger partial charge in [-0.2, -0.15) is 8.42 Å². The number of rotatable bonds is 18. The van der Waals surface area contributed by atoms with Crippen LogP contribution in [-0.4, -0.2) is 73.3 Å². The zero-order chi connectivity index (χ0) is 18.1. The molecule has 147 valence electrons. The van der Waals surface area contributed by atoms with Gasteiger partial charge in [-0.15, -0.1) is 0 Å². The molecule has 0 aromatic carbocycles. The predicted molar refractivity (Wildman–Crippen MR) is 110 cm³/mol. The van der Waals surface area contributed by atoms with E-state index >= 15 is 0 Å². The molecule has 0 amide bonds. The summed E-state index contributed by atoms with van der Waals surface area (Å²) < 4.78 is 30.0. The average molecular weight is 387 g/mol. The maximum Gasteiger partial charge on any atom is 0.266 e. The molecule has 4 nitrogen and oxygen atoms in total. The van der Waals surface area contributed by atoms with Crippen molar-refractivity contribution in [3.63, 3.8) is 0 Å². The second kappa shape index (κ2) is 19.6. The minimum atomic E-state index is -3.82. The minimum Gasteiger partial charge on any atom is -0.305 e. The van der Waals surface area contributed by atoms with Crippen molar-refractivity contribution in [2.24, 2.45) is 0 Å². The summed E-state index contributed by atoms with van der Waals surface area (Å²) in [6.07, 6.45) is 18.9. The van der Waals surface area contributed by atoms with E-state index in [-0.39, 0.29) is 35.3 Å². The van der Waals surface area contributed by atoms with Gasteiger partial charge in [0.25, 0.3) is 10.1 Å². The van der Waals surface area contributed by atoms with E-state index < -0.39 is 10.1 Å². The number of hydrogen-bond donors (Lipinski definition) is 1. The summed E-state index contributed by atoms with van der Waals surface area (Å²) in [7, 11) is -1.91. The Morgan fingerprint density at radius 1 is 0.680 bits per heavy atom. The van der Waals surface area contributed by atoms with Crippen LogP contribution in [0.3, 0.4) is 0 Å². The zero-order valence-electron chi connectivity index (χ0n) is 17.1. The Hall–Kier alpha value is 0.870. The van der Waals surface area contributed by atoms with Crippen molar-refractivity contribution in [2.75, 3.05) is 25.9 Å². The normalized spacial score (nSPS) is 11.7. The summed E-state index contributed by atoms with van der Waals surface area (Å²) in [5, 5.41) is 0. The Balaban J connectivity index is 0. The third-order valence-corrected chi connectivity index (χ3v) is 5.32. The second-order valence-electron chi connectivity index (χ2n) is 7.19. The van der Waals surface area contributed by atoms with Gasteiger partial charge in [0.1, 0.15) is 0 Å². The fourth-order valence-corrected chi connectivity index (χ4v) is 3.50. The van der Waals surface area contributed by atoms with E-state index in [2.05, 4.69) is 6.92 Å². The molecule has 0 aliphatic heterocycles. The van der Waals surface area contributed by atoms with E-state index in [0.29, 0.717) is 6.54 Å². The van der Waals surface area contributed by atoms with Crippen molar-refractivity contribution in [1.29, 1.82) is 0 Å². The van der Waals surface area contributed by atoms with Gasteiger partial charge < -0.3 is 4.90 Å². The van der Waals surface area contributed by atoms with Crippen LogP contribution in [0.1, 0.15) is 96.8 Å². The van der Waals surface area contributed by atoms with Gasteiger partial charge in [0.15, 0.2) is 0 Å². The summed E-state index contributed by atoms with van der Waals surface area (Å²) in [5.41, 5.74) is 0. The number of unbranched alkanes of at least 4 members (excludes halogenated alkanes) is 13. The molecule has 0 aliphatic rings. The van der Waals surface area contributed by atoms with Crippen molar-refractivity contribution >= 4 is 39.7 Å². The Labute approximate surface area is 179 Å². The van der Waals surface area contributed by atoms with Crippen molar-refractivity contribution < 1.29 is 13.0 Å². The summed E-state index contributed by atoms with van der Waals surface area (Å²) in [6.45, 7) is 3.59. The predicted octanol–water partition coefficient (Wildman–Crippen LogP) is 4.91. The van der Waals surface area contributed by atoms with Crippen LogP contribution in [0.15, 0.2) is 0 Å². The SMILES string of the molecule is CCCCCCCCCCCCCCCCN(C)CCS(=O)(=O)O.[Na]. The van der Waals surface area contributed by atoms with E-state index in [1.54, 1.807) is 0 Å². The van der Waals surface area contributed by atoms with Crippen LogP contribution in [0, 0.1) is 0 Å². The Morgan fingerprint density at radius 3 is 1.40 bits per heavy atom. The molecule has 0 bridgehead atoms. The first-order chi connectivity index (χ1) is 11.5. The van der Waals surface area contributed by atoms with E-state index in [1.807, 2.05) is 11.9 Å². The first-order valence-corrected chi connectivity index (χ1v) is 11.7. The largest absolute Gasteiger partial charge is 0.305 e. The van der Waals surface area contributed by atoms with E-state index in [4.69, 9.17) is 4.55 Å². The third-order valence-electron chi connectivity index (χ3n) is 4.62. The van der Waals surface area contributed by atoms with Crippen LogP contribution in [-0.2, 0) is 10.1 Å². The minimum absolute atomic E-state index is 0. The van der Waals surface area contributed by atoms with Crippen LogP contribution in [0.25, 0.3) is 0 Å². The second-order valence-corrected chi connectivity index (χ2v) is 8.76. The summed E-state index contributed by atoms with van der Waals surface area (Å²) >= 11 is 0. The molecule has 0 spiro atoms. The molecule has 0 saturated heterocycles. The quantitative estimate of drug-likeness (QED) is 0.207. The maximum atomic E-state index is 10.7. The molecule has 0 unspecified atom stereocenters. The van der Waals surface area contributed by atoms with Crippen LogP contribution < -0.4 is 0 Å². The molecular weight excluding hydrogens is 345 g/mol. The van der Waals surface area contributed by atoms with Gasteiger partial charge in [0.2, 0.25) is 0 Å². The van der Waals surface area contributed by atoms with E-state index in [0.717, 1.165) is 13.0 Å². The standard InChI is InChI=1S/C19H41NO3S.Na/c1-3-4-5-6-7-8-9-10-11-12-13-14-15-16-17-20(2)18-19-24(21,22)23;/h3-19H2,1-2H3,(H,21,22,23);. The summed E-state index contributed by atoms with van der Waals surface area (Å²) in [4.78, 5) is 1.98. The molecule has 0 aliphatic carbocycles. The van der Waals surface area contributed by atoms with Crippen LogP contribution in [0.4, 0.5) is 0 Å². The Bertz CT molecular complexity index is 364. The fourth-order valence-electron chi connectivity index (χ4n) is 2.96. The molecule has 6 heteroatoms. The van der Waals surface area contributed by atoms with Crippen molar-refractivity contribution in [1.82, 2.24) is 4.90 Å². The molecule has 0 atom stereocenters. The fraction of sp³-hybridized carbons (Fsp3) is 1.00. The third kappa shape index (κ3) is 24.9. The molecule has 0 heterocycles. The molecule has 1 radical (unpaired) electrons. The van der Waals surface area contributed by atoms with Crippen molar-refractivity contribution in [2.45, 2.75) is 96.8 Å². The topological polar surface area (TPSA) is 57.6 Å². The van der Waals surface area contributed by atoms with Crippen LogP contribution in [0.5, 0.6) is 0 Å². The Kier molecular flexibility index (Phi) is 22.0. The molecule has 0 saturated carbocycles. The maximum absolute atomic E-state index is 10.7. The first kappa shape index (κ1) is 28.1. The summed E-state index contributed by atoms with van der Waals surface area (Å²) in [5.74, 6) is -0.165. The smallest absolute Gasteiger partial charge is 0.266 e. The molecule has 1 N–H and O–H groups in total. The molecule has 0 aromatic heterocycles. The summed E-state index contributed by atoms with van der Waals surface area (Å²) in [6, 6.07) is 0. The van der Waals surface area contributed by atoms with Crippen LogP contribution in [0.2, 0.25) is 0 Å². The number of nitrogens with zero attached hydrogens (tertiary/aromatic N) is 1. The van der Waals surface area contributed by atoms with Gasteiger partial charge in [-0.3, -0.25) is 4.55 Å². The molecule has 0 aromatic rings. The van der Waals surface area contributed by atoms with Gasteiger partial charge in [0.05, 0.1) is 5.75 Å². The average Bonchev–Trinajstić information content (AvgIpc) is 2.52. The first-order valence-electron chi connectivity index (χ1n) is 10.1. The zero-order valence-corrected chi connectivity index (χ0v) is 20.0. The number of hydrogen-bond acceptors (Lipinski definition) is 3. The van der Waals surface area contributed by atoms with Gasteiger partial charge in [0, 0.05) is 36.1 Å². The van der Waals surface area contributed by atoms with E-state index in [1.165, 1.54) is 83.5 Å². The molecule has 0 fully saturated rings. The van der Waals surface area contributed by atoms with E-state index in [9.17, 15) is 8.42 Å². The van der Waals surface area contributed by atoms with Crippen molar-refractivity contribution in [3.05, 3.63) is 0 Å². The van der Waals surface area contributed by atoms with Gasteiger partial charge >= 0.3 is 0 Å². The Morgan fingerprint density at radius 2 is 1.04 bits per heavy atom.